The molecule has 2 heterocycles. The molecule has 1 fully saturated rings. The zero-order valence-corrected chi connectivity index (χ0v) is 13.0. The van der Waals surface area contributed by atoms with Gasteiger partial charge in [0.05, 0.1) is 6.20 Å². The van der Waals surface area contributed by atoms with Crippen molar-refractivity contribution >= 4 is 5.91 Å². The SMILES string of the molecule is CCCC(CCC)C(=O)N1CC[C@H](c2cnn(C)c2)C1. The predicted octanol–water partition coefficient (Wildman–Crippen LogP) is 2.95. The molecule has 0 spiro atoms. The van der Waals surface area contributed by atoms with Crippen molar-refractivity contribution in [2.45, 2.75) is 51.9 Å². The fourth-order valence-electron chi connectivity index (χ4n) is 3.23. The lowest BCUT2D eigenvalue weighted by Gasteiger charge is -2.23. The molecule has 1 aliphatic rings. The molecule has 1 atom stereocenters. The number of hydrogen-bond acceptors (Lipinski definition) is 2. The quantitative estimate of drug-likeness (QED) is 0.802. The van der Waals surface area contributed by atoms with Crippen molar-refractivity contribution in [2.75, 3.05) is 13.1 Å². The summed E-state index contributed by atoms with van der Waals surface area (Å²) in [5.41, 5.74) is 1.27. The van der Waals surface area contributed by atoms with Crippen molar-refractivity contribution < 1.29 is 4.79 Å². The third-order valence-electron chi connectivity index (χ3n) is 4.32. The van der Waals surface area contributed by atoms with Crippen LogP contribution < -0.4 is 0 Å². The van der Waals surface area contributed by atoms with Crippen LogP contribution in [0.15, 0.2) is 12.4 Å². The van der Waals surface area contributed by atoms with E-state index in [-0.39, 0.29) is 5.92 Å². The van der Waals surface area contributed by atoms with Crippen molar-refractivity contribution in [1.82, 2.24) is 14.7 Å². The molecule has 0 bridgehead atoms. The Morgan fingerprint density at radius 1 is 1.40 bits per heavy atom. The molecule has 1 aromatic heterocycles. The molecule has 1 aromatic rings. The Morgan fingerprint density at radius 3 is 2.65 bits per heavy atom. The predicted molar refractivity (Wildman–Crippen MR) is 80.5 cm³/mol. The molecule has 0 saturated carbocycles. The number of carbonyl (C=O) groups is 1. The Hall–Kier alpha value is -1.32. The second kappa shape index (κ2) is 6.91. The van der Waals surface area contributed by atoms with Gasteiger partial charge in [0.1, 0.15) is 0 Å². The van der Waals surface area contributed by atoms with Crippen molar-refractivity contribution in [3.05, 3.63) is 18.0 Å². The summed E-state index contributed by atoms with van der Waals surface area (Å²) in [7, 11) is 1.94. The molecule has 112 valence electrons. The summed E-state index contributed by atoms with van der Waals surface area (Å²) in [6.07, 6.45) is 9.33. The first-order valence-electron chi connectivity index (χ1n) is 7.93. The first-order valence-corrected chi connectivity index (χ1v) is 7.93. The number of aryl methyl sites for hydroxylation is 1. The number of hydrogen-bond donors (Lipinski definition) is 0. The van der Waals surface area contributed by atoms with Crippen molar-refractivity contribution in [3.8, 4) is 0 Å². The van der Waals surface area contributed by atoms with E-state index in [9.17, 15) is 4.79 Å². The van der Waals surface area contributed by atoms with Gasteiger partial charge in [0.15, 0.2) is 0 Å². The highest BCUT2D eigenvalue weighted by molar-refractivity contribution is 5.79. The van der Waals surface area contributed by atoms with Crippen LogP contribution in [-0.4, -0.2) is 33.7 Å². The van der Waals surface area contributed by atoms with Crippen LogP contribution in [0.3, 0.4) is 0 Å². The molecule has 1 aliphatic heterocycles. The summed E-state index contributed by atoms with van der Waals surface area (Å²) in [5, 5.41) is 4.24. The molecule has 1 amide bonds. The molecular weight excluding hydrogens is 250 g/mol. The molecule has 20 heavy (non-hydrogen) atoms. The average molecular weight is 277 g/mol. The summed E-state index contributed by atoms with van der Waals surface area (Å²) in [6.45, 7) is 6.10. The average Bonchev–Trinajstić information content (AvgIpc) is 3.06. The van der Waals surface area contributed by atoms with Gasteiger partial charge in [0, 0.05) is 38.2 Å². The Bertz CT molecular complexity index is 435. The maximum absolute atomic E-state index is 12.6. The Labute approximate surface area is 122 Å². The van der Waals surface area contributed by atoms with Crippen LogP contribution in [-0.2, 0) is 11.8 Å². The van der Waals surface area contributed by atoms with E-state index < -0.39 is 0 Å². The third kappa shape index (κ3) is 3.41. The summed E-state index contributed by atoms with van der Waals surface area (Å²) in [6, 6.07) is 0. The smallest absolute Gasteiger partial charge is 0.225 e. The molecule has 4 nitrogen and oxygen atoms in total. The number of aromatic nitrogens is 2. The fraction of sp³-hybridized carbons (Fsp3) is 0.750. The molecule has 1 saturated heterocycles. The molecule has 2 rings (SSSR count). The Balaban J connectivity index is 1.95. The zero-order valence-electron chi connectivity index (χ0n) is 13.0. The molecule has 4 heteroatoms. The van der Waals surface area contributed by atoms with E-state index in [4.69, 9.17) is 0 Å². The number of rotatable bonds is 6. The Kier molecular flexibility index (Phi) is 5.21. The monoisotopic (exact) mass is 277 g/mol. The van der Waals surface area contributed by atoms with Crippen molar-refractivity contribution in [2.24, 2.45) is 13.0 Å². The van der Waals surface area contributed by atoms with Gasteiger partial charge in [-0.15, -0.1) is 0 Å². The van der Waals surface area contributed by atoms with Crippen molar-refractivity contribution in [3.63, 3.8) is 0 Å². The summed E-state index contributed by atoms with van der Waals surface area (Å²) >= 11 is 0. The second-order valence-corrected chi connectivity index (χ2v) is 5.99. The van der Waals surface area contributed by atoms with E-state index in [0.29, 0.717) is 11.8 Å². The van der Waals surface area contributed by atoms with Gasteiger partial charge in [-0.3, -0.25) is 9.48 Å². The van der Waals surface area contributed by atoms with Crippen LogP contribution in [0.4, 0.5) is 0 Å². The molecule has 0 aromatic carbocycles. The van der Waals surface area contributed by atoms with Gasteiger partial charge in [-0.05, 0) is 24.8 Å². The topological polar surface area (TPSA) is 38.1 Å². The van der Waals surface area contributed by atoms with Crippen LogP contribution in [0.1, 0.15) is 57.4 Å². The summed E-state index contributed by atoms with van der Waals surface area (Å²) in [5.74, 6) is 1.08. The summed E-state index contributed by atoms with van der Waals surface area (Å²) in [4.78, 5) is 14.7. The van der Waals surface area contributed by atoms with Gasteiger partial charge in [-0.25, -0.2) is 0 Å². The summed E-state index contributed by atoms with van der Waals surface area (Å²) < 4.78 is 1.84. The van der Waals surface area contributed by atoms with Crippen LogP contribution in [0, 0.1) is 5.92 Å². The molecule has 0 aliphatic carbocycles. The fourth-order valence-corrected chi connectivity index (χ4v) is 3.23. The van der Waals surface area contributed by atoms with Gasteiger partial charge in [0.25, 0.3) is 0 Å². The van der Waals surface area contributed by atoms with Crippen LogP contribution >= 0.6 is 0 Å². The Morgan fingerprint density at radius 2 is 2.10 bits per heavy atom. The molecular formula is C16H27N3O. The number of likely N-dealkylation sites (tertiary alicyclic amines) is 1. The maximum atomic E-state index is 12.6. The van der Waals surface area contributed by atoms with Gasteiger partial charge in [-0.1, -0.05) is 26.7 Å². The van der Waals surface area contributed by atoms with E-state index in [1.807, 2.05) is 17.9 Å². The lowest BCUT2D eigenvalue weighted by Crippen LogP contribution is -2.34. The van der Waals surface area contributed by atoms with E-state index in [1.54, 1.807) is 0 Å². The number of nitrogens with zero attached hydrogens (tertiary/aromatic N) is 3. The number of amides is 1. The normalized spacial score (nSPS) is 19.0. The van der Waals surface area contributed by atoms with Crippen LogP contribution in [0.25, 0.3) is 0 Å². The van der Waals surface area contributed by atoms with Crippen LogP contribution in [0.2, 0.25) is 0 Å². The van der Waals surface area contributed by atoms with E-state index in [1.165, 1.54) is 5.56 Å². The molecule has 0 unspecified atom stereocenters. The zero-order chi connectivity index (χ0) is 14.5. The highest BCUT2D eigenvalue weighted by atomic mass is 16.2. The van der Waals surface area contributed by atoms with Crippen LogP contribution in [0.5, 0.6) is 0 Å². The second-order valence-electron chi connectivity index (χ2n) is 5.99. The highest BCUT2D eigenvalue weighted by Crippen LogP contribution is 2.29. The van der Waals surface area contributed by atoms with E-state index >= 15 is 0 Å². The van der Waals surface area contributed by atoms with Crippen molar-refractivity contribution in [1.29, 1.82) is 0 Å². The first kappa shape index (κ1) is 15.1. The standard InChI is InChI=1S/C16H27N3O/c1-4-6-13(7-5-2)16(20)19-9-8-14(12-19)15-10-17-18(3)11-15/h10-11,13-14H,4-9,12H2,1-3H3/t14-/m0/s1. The lowest BCUT2D eigenvalue weighted by molar-refractivity contribution is -0.135. The van der Waals surface area contributed by atoms with E-state index in [2.05, 4.69) is 30.0 Å². The minimum absolute atomic E-state index is 0.234. The minimum atomic E-state index is 0.234. The third-order valence-corrected chi connectivity index (χ3v) is 4.32. The lowest BCUT2D eigenvalue weighted by atomic mass is 9.96. The maximum Gasteiger partial charge on any atom is 0.225 e. The van der Waals surface area contributed by atoms with Gasteiger partial charge in [0.2, 0.25) is 5.91 Å². The molecule has 0 N–H and O–H groups in total. The van der Waals surface area contributed by atoms with Gasteiger partial charge in [-0.2, -0.15) is 5.10 Å². The number of carbonyl (C=O) groups excluding carboxylic acids is 1. The largest absolute Gasteiger partial charge is 0.342 e. The first-order chi connectivity index (χ1) is 9.65. The van der Waals surface area contributed by atoms with Gasteiger partial charge < -0.3 is 4.90 Å². The van der Waals surface area contributed by atoms with Gasteiger partial charge >= 0.3 is 0 Å². The van der Waals surface area contributed by atoms with E-state index in [0.717, 1.165) is 45.2 Å². The minimum Gasteiger partial charge on any atom is -0.342 e. The highest BCUT2D eigenvalue weighted by Gasteiger charge is 2.31. The molecule has 0 radical (unpaired) electrons.